The number of nitrogens with one attached hydrogen (secondary N) is 3. The number of aromatic hydroxyl groups is 1. The van der Waals surface area contributed by atoms with Crippen LogP contribution >= 0.6 is 11.6 Å². The van der Waals surface area contributed by atoms with Gasteiger partial charge >= 0.3 is 0 Å². The number of benzene rings is 1. The Morgan fingerprint density at radius 3 is 2.77 bits per heavy atom. The summed E-state index contributed by atoms with van der Waals surface area (Å²) in [4.78, 5) is 24.8. The number of halogens is 1. The molecule has 1 aliphatic heterocycles. The Balaban J connectivity index is 1.62. The number of carbonyl (C=O) groups excluding carboxylic acids is 1. The summed E-state index contributed by atoms with van der Waals surface area (Å²) < 4.78 is 0. The van der Waals surface area contributed by atoms with Crippen molar-refractivity contribution in [3.05, 3.63) is 40.8 Å². The van der Waals surface area contributed by atoms with Crippen LogP contribution in [0.4, 0.5) is 11.6 Å². The summed E-state index contributed by atoms with van der Waals surface area (Å²) in [6.45, 7) is 2.92. The molecule has 0 aliphatic carbocycles. The quantitative estimate of drug-likeness (QED) is 0.405. The molecule has 1 amide bonds. The van der Waals surface area contributed by atoms with Gasteiger partial charge in [0.1, 0.15) is 23.7 Å². The SMILES string of the molecule is CC(=O)N1CCC(Nc2ncnc(N)c2C(=N)c2cc3cc(O)cc(Cl)c3[nH]2)CC1. The summed E-state index contributed by atoms with van der Waals surface area (Å²) in [6, 6.07) is 4.84. The van der Waals surface area contributed by atoms with E-state index in [9.17, 15) is 9.90 Å². The Morgan fingerprint density at radius 2 is 2.07 bits per heavy atom. The van der Waals surface area contributed by atoms with Gasteiger partial charge in [-0.1, -0.05) is 11.6 Å². The number of aromatic nitrogens is 3. The number of piperidine rings is 1. The average Bonchev–Trinajstić information content (AvgIpc) is 3.12. The Labute approximate surface area is 177 Å². The van der Waals surface area contributed by atoms with Crippen LogP contribution < -0.4 is 11.1 Å². The lowest BCUT2D eigenvalue weighted by atomic mass is 10.0. The molecule has 0 radical (unpaired) electrons. The topological polar surface area (TPSA) is 144 Å². The second kappa shape index (κ2) is 7.83. The third kappa shape index (κ3) is 3.76. The van der Waals surface area contributed by atoms with Gasteiger partial charge in [-0.3, -0.25) is 10.2 Å². The molecule has 3 heterocycles. The van der Waals surface area contributed by atoms with E-state index in [0.29, 0.717) is 46.1 Å². The zero-order valence-electron chi connectivity index (χ0n) is 16.4. The number of anilines is 2. The first-order chi connectivity index (χ1) is 14.3. The third-order valence-electron chi connectivity index (χ3n) is 5.34. The van der Waals surface area contributed by atoms with Crippen molar-refractivity contribution in [2.75, 3.05) is 24.1 Å². The molecule has 0 bridgehead atoms. The van der Waals surface area contributed by atoms with E-state index in [1.807, 2.05) is 4.90 Å². The zero-order chi connectivity index (χ0) is 21.4. The summed E-state index contributed by atoms with van der Waals surface area (Å²) in [6.07, 6.45) is 2.91. The molecule has 1 fully saturated rings. The highest BCUT2D eigenvalue weighted by Gasteiger charge is 2.24. The number of hydrogen-bond acceptors (Lipinski definition) is 7. The Bertz CT molecular complexity index is 1140. The lowest BCUT2D eigenvalue weighted by Gasteiger charge is -2.32. The largest absolute Gasteiger partial charge is 0.508 e. The fraction of sp³-hybridized carbons (Fsp3) is 0.300. The van der Waals surface area contributed by atoms with Gasteiger partial charge in [0.05, 0.1) is 27.5 Å². The molecule has 6 N–H and O–H groups in total. The summed E-state index contributed by atoms with van der Waals surface area (Å²) in [5.74, 6) is 0.782. The van der Waals surface area contributed by atoms with E-state index in [4.69, 9.17) is 22.7 Å². The van der Waals surface area contributed by atoms with Gasteiger partial charge in [-0.15, -0.1) is 0 Å². The van der Waals surface area contributed by atoms with E-state index in [-0.39, 0.29) is 29.2 Å². The van der Waals surface area contributed by atoms with Gasteiger partial charge in [0.15, 0.2) is 0 Å². The highest BCUT2D eigenvalue weighted by molar-refractivity contribution is 6.35. The Kier molecular flexibility index (Phi) is 5.21. The molecule has 0 spiro atoms. The molecule has 0 atom stereocenters. The van der Waals surface area contributed by atoms with Gasteiger partial charge in [-0.25, -0.2) is 9.97 Å². The normalized spacial score (nSPS) is 14.8. The Hall–Kier alpha value is -3.33. The maximum absolute atomic E-state index is 11.5. The van der Waals surface area contributed by atoms with Gasteiger partial charge in [0.25, 0.3) is 0 Å². The molecule has 0 saturated carbocycles. The first kappa shape index (κ1) is 20.0. The van der Waals surface area contributed by atoms with Crippen LogP contribution in [0.1, 0.15) is 31.0 Å². The number of rotatable bonds is 4. The minimum Gasteiger partial charge on any atom is -0.508 e. The number of nitrogens with two attached hydrogens (primary N) is 1. The van der Waals surface area contributed by atoms with Crippen LogP contribution in [0, 0.1) is 5.41 Å². The van der Waals surface area contributed by atoms with Gasteiger partial charge in [-0.05, 0) is 25.0 Å². The van der Waals surface area contributed by atoms with Crippen molar-refractivity contribution in [2.24, 2.45) is 0 Å². The highest BCUT2D eigenvalue weighted by atomic mass is 35.5. The number of nitrogen functional groups attached to an aromatic ring is 1. The maximum Gasteiger partial charge on any atom is 0.219 e. The van der Waals surface area contributed by atoms with E-state index in [1.54, 1.807) is 19.1 Å². The lowest BCUT2D eigenvalue weighted by molar-refractivity contribution is -0.129. The fourth-order valence-corrected chi connectivity index (χ4v) is 4.01. The number of nitrogens with zero attached hydrogens (tertiary/aromatic N) is 3. The highest BCUT2D eigenvalue weighted by Crippen LogP contribution is 2.31. The van der Waals surface area contributed by atoms with Crippen molar-refractivity contribution in [3.63, 3.8) is 0 Å². The van der Waals surface area contributed by atoms with E-state index in [2.05, 4.69) is 20.3 Å². The van der Waals surface area contributed by atoms with Crippen LogP contribution in [0.3, 0.4) is 0 Å². The van der Waals surface area contributed by atoms with Crippen molar-refractivity contribution in [1.29, 1.82) is 5.41 Å². The molecule has 1 saturated heterocycles. The molecule has 2 aromatic heterocycles. The van der Waals surface area contributed by atoms with E-state index in [1.165, 1.54) is 12.4 Å². The summed E-state index contributed by atoms with van der Waals surface area (Å²) >= 11 is 6.20. The third-order valence-corrected chi connectivity index (χ3v) is 5.64. The number of fused-ring (bicyclic) bond motifs is 1. The number of phenols is 1. The second-order valence-corrected chi connectivity index (χ2v) is 7.76. The van der Waals surface area contributed by atoms with E-state index in [0.717, 1.165) is 12.8 Å². The van der Waals surface area contributed by atoms with Gasteiger partial charge in [-0.2, -0.15) is 0 Å². The molecule has 1 aliphatic rings. The molecule has 4 rings (SSSR count). The lowest BCUT2D eigenvalue weighted by Crippen LogP contribution is -2.41. The molecule has 1 aromatic carbocycles. The first-order valence-corrected chi connectivity index (χ1v) is 9.94. The first-order valence-electron chi connectivity index (χ1n) is 9.56. The Morgan fingerprint density at radius 1 is 1.33 bits per heavy atom. The van der Waals surface area contributed by atoms with Crippen LogP contribution in [0.2, 0.25) is 5.02 Å². The van der Waals surface area contributed by atoms with Crippen LogP contribution in [-0.2, 0) is 4.79 Å². The van der Waals surface area contributed by atoms with Gasteiger partial charge in [0.2, 0.25) is 5.91 Å². The standard InChI is InChI=1S/C20H22ClN7O2/c1-10(29)28-4-2-12(3-5-28)26-20-16(19(23)24-9-25-20)17(22)15-7-11-6-13(30)8-14(21)18(11)27-15/h6-9,12,22,27,30H,2-5H2,1H3,(H3,23,24,25,26). The van der Waals surface area contributed by atoms with E-state index >= 15 is 0 Å². The minimum absolute atomic E-state index is 0.0476. The molecule has 156 valence electrons. The van der Waals surface area contributed by atoms with Crippen LogP contribution in [0.15, 0.2) is 24.5 Å². The summed E-state index contributed by atoms with van der Waals surface area (Å²) in [5.41, 5.74) is 7.71. The van der Waals surface area contributed by atoms with Crippen LogP contribution in [0.25, 0.3) is 10.9 Å². The number of phenolic OH excluding ortho intramolecular Hbond substituents is 1. The minimum atomic E-state index is 0.0476. The van der Waals surface area contributed by atoms with Crippen LogP contribution in [-0.4, -0.2) is 55.7 Å². The number of H-pyrrole nitrogens is 1. The van der Waals surface area contributed by atoms with Gasteiger partial charge in [0, 0.05) is 37.5 Å². The number of aromatic amines is 1. The predicted octanol–water partition coefficient (Wildman–Crippen LogP) is 2.74. The van der Waals surface area contributed by atoms with Crippen molar-refractivity contribution in [2.45, 2.75) is 25.8 Å². The number of carbonyl (C=O) groups is 1. The molecule has 3 aromatic rings. The van der Waals surface area contributed by atoms with Gasteiger partial charge < -0.3 is 26.0 Å². The maximum atomic E-state index is 11.5. The van der Waals surface area contributed by atoms with E-state index < -0.39 is 0 Å². The molecular weight excluding hydrogens is 406 g/mol. The van der Waals surface area contributed by atoms with Crippen molar-refractivity contribution < 1.29 is 9.90 Å². The molecule has 0 unspecified atom stereocenters. The van der Waals surface area contributed by atoms with Crippen molar-refractivity contribution in [3.8, 4) is 5.75 Å². The van der Waals surface area contributed by atoms with Crippen molar-refractivity contribution >= 4 is 45.8 Å². The smallest absolute Gasteiger partial charge is 0.219 e. The molecule has 9 nitrogen and oxygen atoms in total. The summed E-state index contributed by atoms with van der Waals surface area (Å²) in [5, 5.41) is 22.9. The number of amides is 1. The van der Waals surface area contributed by atoms with Crippen molar-refractivity contribution in [1.82, 2.24) is 19.9 Å². The number of likely N-dealkylation sites (tertiary alicyclic amines) is 1. The zero-order valence-corrected chi connectivity index (χ0v) is 17.1. The fourth-order valence-electron chi connectivity index (χ4n) is 3.74. The van der Waals surface area contributed by atoms with Crippen LogP contribution in [0.5, 0.6) is 5.75 Å². The number of hydrogen-bond donors (Lipinski definition) is 5. The molecular formula is C20H22ClN7O2. The second-order valence-electron chi connectivity index (χ2n) is 7.36. The molecule has 30 heavy (non-hydrogen) atoms. The summed E-state index contributed by atoms with van der Waals surface area (Å²) in [7, 11) is 0. The monoisotopic (exact) mass is 427 g/mol. The average molecular weight is 428 g/mol. The predicted molar refractivity (Wildman–Crippen MR) is 116 cm³/mol. The molecule has 10 heteroatoms.